The monoisotopic (exact) mass is 237 g/mol. The molecule has 1 atom stereocenters. The first-order valence-electron chi connectivity index (χ1n) is 6.10. The summed E-state index contributed by atoms with van der Waals surface area (Å²) in [6, 6.07) is 10.4. The number of imidazole rings is 1. The van der Waals surface area contributed by atoms with Gasteiger partial charge in [0.15, 0.2) is 0 Å². The molecule has 0 radical (unpaired) electrons. The number of hydrogen-bond acceptors (Lipinski definition) is 2. The maximum Gasteiger partial charge on any atom is 0.120 e. The van der Waals surface area contributed by atoms with Crippen molar-refractivity contribution < 1.29 is 0 Å². The number of aromatic nitrogens is 3. The van der Waals surface area contributed by atoms with E-state index in [1.54, 1.807) is 0 Å². The average molecular weight is 237 g/mol. The lowest BCUT2D eigenvalue weighted by atomic mass is 10.0. The van der Waals surface area contributed by atoms with Crippen molar-refractivity contribution in [1.82, 2.24) is 14.4 Å². The molecule has 0 spiro atoms. The van der Waals surface area contributed by atoms with Crippen LogP contribution in [0.15, 0.2) is 48.9 Å². The van der Waals surface area contributed by atoms with E-state index < -0.39 is 0 Å². The molecule has 3 rings (SSSR count). The predicted octanol–water partition coefficient (Wildman–Crippen LogP) is 3.19. The zero-order valence-electron chi connectivity index (χ0n) is 10.5. The Hall–Kier alpha value is -2.16. The van der Waals surface area contributed by atoms with Crippen LogP contribution in [0, 0.1) is 6.92 Å². The van der Waals surface area contributed by atoms with Gasteiger partial charge in [-0.2, -0.15) is 0 Å². The van der Waals surface area contributed by atoms with Gasteiger partial charge < -0.3 is 0 Å². The van der Waals surface area contributed by atoms with Crippen LogP contribution in [0.1, 0.15) is 29.9 Å². The highest BCUT2D eigenvalue weighted by atomic mass is 15.0. The molecule has 90 valence electrons. The predicted molar refractivity (Wildman–Crippen MR) is 71.7 cm³/mol. The maximum absolute atomic E-state index is 4.54. The van der Waals surface area contributed by atoms with Crippen LogP contribution >= 0.6 is 0 Å². The molecule has 0 saturated heterocycles. The lowest BCUT2D eigenvalue weighted by Gasteiger charge is -2.11. The standard InChI is InChI=1S/C15H15N3/c1-11-10-18-14(8-16-11)9-17-15(18)12(2)13-6-4-3-5-7-13/h3-10,12H,1-2H3/t12-/m1/s1. The Balaban J connectivity index is 2.12. The lowest BCUT2D eigenvalue weighted by Crippen LogP contribution is -2.03. The van der Waals surface area contributed by atoms with Crippen molar-refractivity contribution in [3.05, 3.63) is 66.0 Å². The van der Waals surface area contributed by atoms with E-state index in [-0.39, 0.29) is 5.92 Å². The minimum Gasteiger partial charge on any atom is -0.300 e. The first-order chi connectivity index (χ1) is 8.75. The second-order valence-corrected chi connectivity index (χ2v) is 4.57. The smallest absolute Gasteiger partial charge is 0.120 e. The van der Waals surface area contributed by atoms with Crippen LogP contribution in [-0.4, -0.2) is 14.4 Å². The Kier molecular flexibility index (Phi) is 2.59. The highest BCUT2D eigenvalue weighted by Gasteiger charge is 2.13. The minimum atomic E-state index is 0.274. The van der Waals surface area contributed by atoms with E-state index in [2.05, 4.69) is 45.6 Å². The minimum absolute atomic E-state index is 0.274. The van der Waals surface area contributed by atoms with Crippen LogP contribution in [0.25, 0.3) is 5.52 Å². The van der Waals surface area contributed by atoms with Gasteiger partial charge in [0.2, 0.25) is 0 Å². The molecule has 0 aliphatic carbocycles. The van der Waals surface area contributed by atoms with E-state index in [9.17, 15) is 0 Å². The van der Waals surface area contributed by atoms with E-state index >= 15 is 0 Å². The summed E-state index contributed by atoms with van der Waals surface area (Å²) in [6.07, 6.45) is 5.78. The van der Waals surface area contributed by atoms with Crippen LogP contribution in [-0.2, 0) is 0 Å². The van der Waals surface area contributed by atoms with Crippen molar-refractivity contribution >= 4 is 5.52 Å². The van der Waals surface area contributed by atoms with Crippen LogP contribution in [0.5, 0.6) is 0 Å². The molecular formula is C15H15N3. The number of hydrogen-bond donors (Lipinski definition) is 0. The maximum atomic E-state index is 4.54. The summed E-state index contributed by atoms with van der Waals surface area (Å²) in [7, 11) is 0. The largest absolute Gasteiger partial charge is 0.300 e. The summed E-state index contributed by atoms with van der Waals surface area (Å²) in [5, 5.41) is 0. The lowest BCUT2D eigenvalue weighted by molar-refractivity contribution is 0.806. The van der Waals surface area contributed by atoms with Crippen molar-refractivity contribution in [2.24, 2.45) is 0 Å². The van der Waals surface area contributed by atoms with Crippen LogP contribution in [0.3, 0.4) is 0 Å². The quantitative estimate of drug-likeness (QED) is 0.685. The Morgan fingerprint density at radius 3 is 2.56 bits per heavy atom. The fraction of sp³-hybridized carbons (Fsp3) is 0.200. The fourth-order valence-corrected chi connectivity index (χ4v) is 2.22. The Bertz CT molecular complexity index is 671. The van der Waals surface area contributed by atoms with E-state index in [0.29, 0.717) is 0 Å². The third kappa shape index (κ3) is 1.78. The van der Waals surface area contributed by atoms with Crippen LogP contribution in [0.2, 0.25) is 0 Å². The second-order valence-electron chi connectivity index (χ2n) is 4.57. The molecule has 18 heavy (non-hydrogen) atoms. The molecule has 2 heterocycles. The Morgan fingerprint density at radius 2 is 1.78 bits per heavy atom. The van der Waals surface area contributed by atoms with Gasteiger partial charge in [-0.1, -0.05) is 37.3 Å². The molecule has 3 heteroatoms. The molecule has 0 fully saturated rings. The van der Waals surface area contributed by atoms with Crippen molar-refractivity contribution in [3.8, 4) is 0 Å². The molecule has 0 saturated carbocycles. The molecule has 3 aromatic rings. The van der Waals surface area contributed by atoms with Gasteiger partial charge in [-0.15, -0.1) is 0 Å². The molecule has 0 unspecified atom stereocenters. The molecular weight excluding hydrogens is 222 g/mol. The third-order valence-corrected chi connectivity index (χ3v) is 3.26. The summed E-state index contributed by atoms with van der Waals surface area (Å²) in [4.78, 5) is 8.83. The molecule has 0 bridgehead atoms. The van der Waals surface area contributed by atoms with Crippen molar-refractivity contribution in [1.29, 1.82) is 0 Å². The third-order valence-electron chi connectivity index (χ3n) is 3.26. The summed E-state index contributed by atoms with van der Waals surface area (Å²) in [5.74, 6) is 1.33. The zero-order chi connectivity index (χ0) is 12.5. The van der Waals surface area contributed by atoms with Crippen molar-refractivity contribution in [2.45, 2.75) is 19.8 Å². The second kappa shape index (κ2) is 4.26. The van der Waals surface area contributed by atoms with Crippen LogP contribution < -0.4 is 0 Å². The van der Waals surface area contributed by atoms with Gasteiger partial charge in [-0.05, 0) is 12.5 Å². The summed E-state index contributed by atoms with van der Waals surface area (Å²) in [6.45, 7) is 4.18. The molecule has 2 aromatic heterocycles. The zero-order valence-corrected chi connectivity index (χ0v) is 10.5. The molecule has 0 amide bonds. The fourth-order valence-electron chi connectivity index (χ4n) is 2.22. The summed E-state index contributed by atoms with van der Waals surface area (Å²) < 4.78 is 2.12. The van der Waals surface area contributed by atoms with Gasteiger partial charge in [0, 0.05) is 12.1 Å². The highest BCUT2D eigenvalue weighted by molar-refractivity contribution is 5.45. The van der Waals surface area contributed by atoms with E-state index in [0.717, 1.165) is 17.0 Å². The Labute approximate surface area is 106 Å². The normalized spacial score (nSPS) is 12.8. The van der Waals surface area contributed by atoms with E-state index in [1.165, 1.54) is 5.56 Å². The first kappa shape index (κ1) is 11.0. The van der Waals surface area contributed by atoms with Gasteiger partial charge in [0.05, 0.1) is 23.6 Å². The number of benzene rings is 1. The van der Waals surface area contributed by atoms with Gasteiger partial charge in [0.1, 0.15) is 5.82 Å². The van der Waals surface area contributed by atoms with Gasteiger partial charge in [-0.25, -0.2) is 4.98 Å². The highest BCUT2D eigenvalue weighted by Crippen LogP contribution is 2.23. The molecule has 0 N–H and O–H groups in total. The number of rotatable bonds is 2. The molecule has 3 nitrogen and oxygen atoms in total. The van der Waals surface area contributed by atoms with Gasteiger partial charge >= 0.3 is 0 Å². The number of nitrogens with zero attached hydrogens (tertiary/aromatic N) is 3. The number of fused-ring (bicyclic) bond motifs is 1. The molecule has 0 aliphatic rings. The van der Waals surface area contributed by atoms with Crippen LogP contribution in [0.4, 0.5) is 0 Å². The van der Waals surface area contributed by atoms with Crippen molar-refractivity contribution in [2.75, 3.05) is 0 Å². The molecule has 0 aliphatic heterocycles. The number of aryl methyl sites for hydroxylation is 1. The SMILES string of the molecule is Cc1cn2c([C@H](C)c3ccccc3)ncc2cn1. The van der Waals surface area contributed by atoms with E-state index in [4.69, 9.17) is 0 Å². The Morgan fingerprint density at radius 1 is 1.06 bits per heavy atom. The topological polar surface area (TPSA) is 30.2 Å². The van der Waals surface area contributed by atoms with Gasteiger partial charge in [-0.3, -0.25) is 9.38 Å². The summed E-state index contributed by atoms with van der Waals surface area (Å²) in [5.41, 5.74) is 3.32. The molecule has 1 aromatic carbocycles. The summed E-state index contributed by atoms with van der Waals surface area (Å²) >= 11 is 0. The average Bonchev–Trinajstić information content (AvgIpc) is 2.82. The van der Waals surface area contributed by atoms with E-state index in [1.807, 2.05) is 31.6 Å². The first-order valence-corrected chi connectivity index (χ1v) is 6.10. The van der Waals surface area contributed by atoms with Crippen molar-refractivity contribution in [3.63, 3.8) is 0 Å². The van der Waals surface area contributed by atoms with Gasteiger partial charge in [0.25, 0.3) is 0 Å².